The summed E-state index contributed by atoms with van der Waals surface area (Å²) in [5.41, 5.74) is 3.28. The van der Waals surface area contributed by atoms with Gasteiger partial charge in [-0.1, -0.05) is 6.07 Å². The minimum Gasteiger partial charge on any atom is -0.313 e. The van der Waals surface area contributed by atoms with Crippen LogP contribution in [0.4, 0.5) is 0 Å². The van der Waals surface area contributed by atoms with Crippen molar-refractivity contribution in [1.82, 2.24) is 14.5 Å². The summed E-state index contributed by atoms with van der Waals surface area (Å²) >= 11 is 0. The van der Waals surface area contributed by atoms with E-state index >= 15 is 0 Å². The van der Waals surface area contributed by atoms with Crippen LogP contribution in [0.25, 0.3) is 11.0 Å². The lowest BCUT2D eigenvalue weighted by Crippen LogP contribution is -2.26. The van der Waals surface area contributed by atoms with Gasteiger partial charge in [0, 0.05) is 0 Å². The van der Waals surface area contributed by atoms with Crippen LogP contribution in [0.5, 0.6) is 0 Å². The fraction of sp³-hybridized carbons (Fsp3) is 0.500. The lowest BCUT2D eigenvalue weighted by molar-refractivity contribution is 0.249. The maximum absolute atomic E-state index is 9.11. The molecular formula is C16H20N4. The van der Waals surface area contributed by atoms with E-state index in [1.54, 1.807) is 0 Å². The Labute approximate surface area is 119 Å². The fourth-order valence-corrected chi connectivity index (χ4v) is 3.11. The Morgan fingerprint density at radius 1 is 1.35 bits per heavy atom. The highest BCUT2D eigenvalue weighted by atomic mass is 15.2. The predicted octanol–water partition coefficient (Wildman–Crippen LogP) is 3.03. The van der Waals surface area contributed by atoms with Gasteiger partial charge < -0.3 is 4.57 Å². The molecule has 0 spiro atoms. The number of benzene rings is 1. The molecule has 1 aromatic heterocycles. The van der Waals surface area contributed by atoms with Crippen molar-refractivity contribution in [2.45, 2.75) is 39.3 Å². The van der Waals surface area contributed by atoms with E-state index in [-0.39, 0.29) is 6.04 Å². The van der Waals surface area contributed by atoms with Crippen molar-refractivity contribution in [3.05, 3.63) is 29.6 Å². The SMILES string of the molecule is Cc1ccc2c(c1)nc(C(C)N1CCCC1)n2CC#N. The molecular weight excluding hydrogens is 248 g/mol. The Bertz CT molecular complexity index is 659. The van der Waals surface area contributed by atoms with Gasteiger partial charge in [-0.3, -0.25) is 4.90 Å². The van der Waals surface area contributed by atoms with Crippen molar-refractivity contribution in [3.8, 4) is 6.07 Å². The summed E-state index contributed by atoms with van der Waals surface area (Å²) < 4.78 is 2.07. The Balaban J connectivity index is 2.08. The average molecular weight is 268 g/mol. The van der Waals surface area contributed by atoms with Crippen LogP contribution in [0.1, 0.15) is 37.2 Å². The molecule has 1 aliphatic rings. The van der Waals surface area contributed by atoms with E-state index in [1.165, 1.54) is 18.4 Å². The summed E-state index contributed by atoms with van der Waals surface area (Å²) in [4.78, 5) is 7.27. The molecule has 1 atom stereocenters. The van der Waals surface area contributed by atoms with E-state index in [4.69, 9.17) is 10.2 Å². The van der Waals surface area contributed by atoms with Gasteiger partial charge in [0.2, 0.25) is 0 Å². The average Bonchev–Trinajstić information content (AvgIpc) is 3.06. The van der Waals surface area contributed by atoms with Gasteiger partial charge in [-0.05, 0) is 57.5 Å². The fourth-order valence-electron chi connectivity index (χ4n) is 3.11. The van der Waals surface area contributed by atoms with E-state index in [0.29, 0.717) is 6.54 Å². The van der Waals surface area contributed by atoms with Gasteiger partial charge in [0.05, 0.1) is 23.1 Å². The van der Waals surface area contributed by atoms with Gasteiger partial charge >= 0.3 is 0 Å². The first-order chi connectivity index (χ1) is 9.70. The number of aromatic nitrogens is 2. The lowest BCUT2D eigenvalue weighted by atomic mass is 10.2. The summed E-state index contributed by atoms with van der Waals surface area (Å²) in [6.07, 6.45) is 2.53. The molecule has 104 valence electrons. The number of hydrogen-bond donors (Lipinski definition) is 0. The van der Waals surface area contributed by atoms with Crippen molar-refractivity contribution in [3.63, 3.8) is 0 Å². The van der Waals surface area contributed by atoms with Gasteiger partial charge in [0.25, 0.3) is 0 Å². The van der Waals surface area contributed by atoms with Crippen molar-refractivity contribution in [2.75, 3.05) is 13.1 Å². The molecule has 1 saturated heterocycles. The number of hydrogen-bond acceptors (Lipinski definition) is 3. The summed E-state index contributed by atoms with van der Waals surface area (Å²) in [6.45, 7) is 6.92. The molecule has 0 N–H and O–H groups in total. The van der Waals surface area contributed by atoms with Gasteiger partial charge in [0.1, 0.15) is 12.4 Å². The van der Waals surface area contributed by atoms with E-state index in [2.05, 4.69) is 47.6 Å². The number of likely N-dealkylation sites (tertiary alicyclic amines) is 1. The smallest absolute Gasteiger partial charge is 0.127 e. The van der Waals surface area contributed by atoms with Crippen molar-refractivity contribution >= 4 is 11.0 Å². The minimum absolute atomic E-state index is 0.276. The molecule has 0 bridgehead atoms. The normalized spacial score (nSPS) is 17.4. The number of nitriles is 1. The van der Waals surface area contributed by atoms with E-state index in [0.717, 1.165) is 29.9 Å². The number of imidazole rings is 1. The zero-order valence-electron chi connectivity index (χ0n) is 12.1. The lowest BCUT2D eigenvalue weighted by Gasteiger charge is -2.23. The minimum atomic E-state index is 0.276. The van der Waals surface area contributed by atoms with Crippen LogP contribution in [0.15, 0.2) is 18.2 Å². The van der Waals surface area contributed by atoms with E-state index < -0.39 is 0 Å². The largest absolute Gasteiger partial charge is 0.313 e. The third kappa shape index (κ3) is 2.19. The quantitative estimate of drug-likeness (QED) is 0.859. The first-order valence-electron chi connectivity index (χ1n) is 7.28. The molecule has 1 fully saturated rings. The van der Waals surface area contributed by atoms with Gasteiger partial charge in [-0.25, -0.2) is 4.98 Å². The first kappa shape index (κ1) is 13.1. The molecule has 0 saturated carbocycles. The summed E-state index contributed by atoms with van der Waals surface area (Å²) in [5, 5.41) is 9.11. The number of fused-ring (bicyclic) bond motifs is 1. The third-order valence-electron chi connectivity index (χ3n) is 4.22. The van der Waals surface area contributed by atoms with E-state index in [1.807, 2.05) is 0 Å². The molecule has 0 aliphatic carbocycles. The molecule has 4 heteroatoms. The van der Waals surface area contributed by atoms with Crippen molar-refractivity contribution in [2.24, 2.45) is 0 Å². The molecule has 20 heavy (non-hydrogen) atoms. The second kappa shape index (κ2) is 5.26. The number of rotatable bonds is 3. The zero-order valence-corrected chi connectivity index (χ0v) is 12.1. The van der Waals surface area contributed by atoms with Crippen LogP contribution >= 0.6 is 0 Å². The number of nitrogens with zero attached hydrogens (tertiary/aromatic N) is 4. The molecule has 2 aromatic rings. The molecule has 1 unspecified atom stereocenters. The van der Waals surface area contributed by atoms with Crippen LogP contribution in [-0.4, -0.2) is 27.5 Å². The monoisotopic (exact) mass is 268 g/mol. The summed E-state index contributed by atoms with van der Waals surface area (Å²) in [7, 11) is 0. The van der Waals surface area contributed by atoms with Gasteiger partial charge in [-0.2, -0.15) is 5.26 Å². The second-order valence-corrected chi connectivity index (χ2v) is 5.63. The molecule has 3 rings (SSSR count). The Hall–Kier alpha value is -1.86. The summed E-state index contributed by atoms with van der Waals surface area (Å²) in [6, 6.07) is 8.81. The highest BCUT2D eigenvalue weighted by Gasteiger charge is 2.24. The highest BCUT2D eigenvalue weighted by molar-refractivity contribution is 5.77. The third-order valence-corrected chi connectivity index (χ3v) is 4.22. The van der Waals surface area contributed by atoms with Crippen molar-refractivity contribution < 1.29 is 0 Å². The number of aryl methyl sites for hydroxylation is 1. The Kier molecular flexibility index (Phi) is 3.45. The van der Waals surface area contributed by atoms with Crippen LogP contribution in [0.2, 0.25) is 0 Å². The Morgan fingerprint density at radius 3 is 2.80 bits per heavy atom. The van der Waals surface area contributed by atoms with E-state index in [9.17, 15) is 0 Å². The maximum atomic E-state index is 9.11. The van der Waals surface area contributed by atoms with Gasteiger partial charge in [-0.15, -0.1) is 0 Å². The van der Waals surface area contributed by atoms with Crippen LogP contribution < -0.4 is 0 Å². The summed E-state index contributed by atoms with van der Waals surface area (Å²) in [5.74, 6) is 1.02. The topological polar surface area (TPSA) is 44.9 Å². The molecule has 0 amide bonds. The maximum Gasteiger partial charge on any atom is 0.127 e. The first-order valence-corrected chi connectivity index (χ1v) is 7.28. The van der Waals surface area contributed by atoms with Gasteiger partial charge in [0.15, 0.2) is 0 Å². The molecule has 2 heterocycles. The zero-order chi connectivity index (χ0) is 14.1. The predicted molar refractivity (Wildman–Crippen MR) is 79.3 cm³/mol. The van der Waals surface area contributed by atoms with Crippen molar-refractivity contribution in [1.29, 1.82) is 5.26 Å². The standard InChI is InChI=1S/C16H20N4/c1-12-5-6-15-14(11-12)18-16(20(15)10-7-17)13(2)19-8-3-4-9-19/h5-6,11,13H,3-4,8-10H2,1-2H3. The molecule has 1 aliphatic heterocycles. The molecule has 1 aromatic carbocycles. The molecule has 0 radical (unpaired) electrons. The molecule has 4 nitrogen and oxygen atoms in total. The highest BCUT2D eigenvalue weighted by Crippen LogP contribution is 2.27. The Morgan fingerprint density at radius 2 is 2.10 bits per heavy atom. The second-order valence-electron chi connectivity index (χ2n) is 5.63. The van der Waals surface area contributed by atoms with Crippen LogP contribution in [0.3, 0.4) is 0 Å². The van der Waals surface area contributed by atoms with Crippen LogP contribution in [-0.2, 0) is 6.54 Å². The van der Waals surface area contributed by atoms with Crippen LogP contribution in [0, 0.1) is 18.3 Å².